The minimum absolute atomic E-state index is 0.356. The fourth-order valence-corrected chi connectivity index (χ4v) is 4.06. The van der Waals surface area contributed by atoms with Gasteiger partial charge >= 0.3 is 5.97 Å². The van der Waals surface area contributed by atoms with E-state index in [0.29, 0.717) is 17.2 Å². The number of rotatable bonds is 6. The van der Waals surface area contributed by atoms with E-state index >= 15 is 0 Å². The molecular weight excluding hydrogens is 352 g/mol. The molecular formula is C18H24N4O3S. The van der Waals surface area contributed by atoms with Gasteiger partial charge in [-0.05, 0) is 44.1 Å². The summed E-state index contributed by atoms with van der Waals surface area (Å²) in [6.07, 6.45) is 2.18. The number of nitrogens with zero attached hydrogens (tertiary/aromatic N) is 3. The van der Waals surface area contributed by atoms with Gasteiger partial charge in [-0.25, -0.2) is 4.79 Å². The number of carbonyl (C=O) groups is 1. The first-order valence-corrected chi connectivity index (χ1v) is 9.60. The molecule has 1 aromatic carbocycles. The zero-order valence-electron chi connectivity index (χ0n) is 15.3. The van der Waals surface area contributed by atoms with Gasteiger partial charge in [-0.3, -0.25) is 0 Å². The van der Waals surface area contributed by atoms with Gasteiger partial charge in [0.15, 0.2) is 5.16 Å². The predicted octanol–water partition coefficient (Wildman–Crippen LogP) is 2.37. The first-order chi connectivity index (χ1) is 12.6. The highest BCUT2D eigenvalue weighted by Gasteiger charge is 2.22. The molecule has 140 valence electrons. The second-order valence-corrected chi connectivity index (χ2v) is 7.17. The topological polar surface area (TPSA) is 78.3 Å². The van der Waals surface area contributed by atoms with E-state index in [4.69, 9.17) is 9.47 Å². The zero-order chi connectivity index (χ0) is 18.5. The number of benzene rings is 1. The monoisotopic (exact) mass is 376 g/mol. The van der Waals surface area contributed by atoms with Crippen LogP contribution >= 0.6 is 11.8 Å². The molecule has 1 saturated heterocycles. The SMILES string of the molecule is COC(=O)c1ccc(OC)c(CSc2nnc(C3CCNCC3)n2C)c1. The van der Waals surface area contributed by atoms with Crippen molar-refractivity contribution in [3.8, 4) is 5.75 Å². The summed E-state index contributed by atoms with van der Waals surface area (Å²) >= 11 is 1.58. The van der Waals surface area contributed by atoms with Gasteiger partial charge in [-0.1, -0.05) is 11.8 Å². The number of carbonyl (C=O) groups excluding carboxylic acids is 1. The van der Waals surface area contributed by atoms with Crippen molar-refractivity contribution < 1.29 is 14.3 Å². The molecule has 0 atom stereocenters. The summed E-state index contributed by atoms with van der Waals surface area (Å²) in [5, 5.41) is 13.0. The van der Waals surface area contributed by atoms with Gasteiger partial charge in [0, 0.05) is 24.3 Å². The van der Waals surface area contributed by atoms with E-state index in [1.807, 2.05) is 13.1 Å². The van der Waals surface area contributed by atoms with Gasteiger partial charge in [0.25, 0.3) is 0 Å². The Morgan fingerprint density at radius 2 is 2.08 bits per heavy atom. The summed E-state index contributed by atoms with van der Waals surface area (Å²) in [4.78, 5) is 11.8. The molecule has 1 fully saturated rings. The lowest BCUT2D eigenvalue weighted by Gasteiger charge is -2.21. The summed E-state index contributed by atoms with van der Waals surface area (Å²) in [5.41, 5.74) is 1.43. The largest absolute Gasteiger partial charge is 0.496 e. The molecule has 2 heterocycles. The Hall–Kier alpha value is -2.06. The molecule has 2 aromatic rings. The summed E-state index contributed by atoms with van der Waals surface area (Å²) in [5.74, 6) is 2.52. The average molecular weight is 376 g/mol. The Morgan fingerprint density at radius 1 is 1.31 bits per heavy atom. The number of esters is 1. The van der Waals surface area contributed by atoms with Crippen LogP contribution in [0.1, 0.15) is 40.5 Å². The van der Waals surface area contributed by atoms with Crippen LogP contribution in [-0.4, -0.2) is 48.0 Å². The zero-order valence-corrected chi connectivity index (χ0v) is 16.1. The van der Waals surface area contributed by atoms with Crippen LogP contribution < -0.4 is 10.1 Å². The average Bonchev–Trinajstić information content (AvgIpc) is 3.06. The van der Waals surface area contributed by atoms with Crippen LogP contribution in [0.15, 0.2) is 23.4 Å². The highest BCUT2D eigenvalue weighted by atomic mass is 32.2. The Bertz CT molecular complexity index is 772. The quantitative estimate of drug-likeness (QED) is 0.612. The molecule has 8 heteroatoms. The highest BCUT2D eigenvalue weighted by molar-refractivity contribution is 7.98. The van der Waals surface area contributed by atoms with Crippen molar-refractivity contribution in [2.45, 2.75) is 29.7 Å². The molecule has 7 nitrogen and oxygen atoms in total. The maximum atomic E-state index is 11.8. The molecule has 0 spiro atoms. The van der Waals surface area contributed by atoms with Crippen LogP contribution in [0.5, 0.6) is 5.75 Å². The Morgan fingerprint density at radius 3 is 2.77 bits per heavy atom. The second-order valence-electron chi connectivity index (χ2n) is 6.23. The van der Waals surface area contributed by atoms with Crippen LogP contribution in [0, 0.1) is 0 Å². The van der Waals surface area contributed by atoms with Gasteiger partial charge < -0.3 is 19.4 Å². The van der Waals surface area contributed by atoms with E-state index in [9.17, 15) is 4.79 Å². The Kier molecular flexibility index (Phi) is 6.16. The molecule has 3 rings (SSSR count). The van der Waals surface area contributed by atoms with Crippen molar-refractivity contribution in [3.63, 3.8) is 0 Å². The molecule has 1 N–H and O–H groups in total. The molecule has 1 aliphatic rings. The third-order valence-corrected chi connectivity index (χ3v) is 5.70. The number of methoxy groups -OCH3 is 2. The standard InChI is InChI=1S/C18H24N4O3S/c1-22-16(12-6-8-19-9-7-12)20-21-18(22)26-11-14-10-13(17(23)25-3)4-5-15(14)24-2/h4-5,10,12,19H,6-9,11H2,1-3H3. The molecule has 0 aliphatic carbocycles. The van der Waals surface area contributed by atoms with E-state index in [1.165, 1.54) is 7.11 Å². The number of aromatic nitrogens is 3. The first-order valence-electron chi connectivity index (χ1n) is 8.62. The Labute approximate surface area is 157 Å². The number of hydrogen-bond acceptors (Lipinski definition) is 7. The first kappa shape index (κ1) is 18.7. The number of hydrogen-bond donors (Lipinski definition) is 1. The number of ether oxygens (including phenoxy) is 2. The molecule has 1 aromatic heterocycles. The van der Waals surface area contributed by atoms with Crippen LogP contribution in [0.2, 0.25) is 0 Å². The fourth-order valence-electron chi connectivity index (χ4n) is 3.17. The van der Waals surface area contributed by atoms with Crippen molar-refractivity contribution in [1.82, 2.24) is 20.1 Å². The normalized spacial score (nSPS) is 15.0. The van der Waals surface area contributed by atoms with E-state index in [0.717, 1.165) is 48.2 Å². The van der Waals surface area contributed by atoms with Crippen molar-refractivity contribution in [1.29, 1.82) is 0 Å². The number of nitrogens with one attached hydrogen (secondary N) is 1. The van der Waals surface area contributed by atoms with Crippen molar-refractivity contribution in [3.05, 3.63) is 35.2 Å². The lowest BCUT2D eigenvalue weighted by Crippen LogP contribution is -2.27. The molecule has 0 bridgehead atoms. The Balaban J connectivity index is 1.74. The van der Waals surface area contributed by atoms with E-state index in [2.05, 4.69) is 20.1 Å². The van der Waals surface area contributed by atoms with Gasteiger partial charge in [-0.15, -0.1) is 10.2 Å². The summed E-state index contributed by atoms with van der Waals surface area (Å²) in [6.45, 7) is 2.05. The van der Waals surface area contributed by atoms with E-state index < -0.39 is 0 Å². The van der Waals surface area contributed by atoms with Gasteiger partial charge in [0.1, 0.15) is 11.6 Å². The van der Waals surface area contributed by atoms with Crippen molar-refractivity contribution in [2.75, 3.05) is 27.3 Å². The summed E-state index contributed by atoms with van der Waals surface area (Å²) < 4.78 is 12.3. The molecule has 0 unspecified atom stereocenters. The van der Waals surface area contributed by atoms with E-state index in [1.54, 1.807) is 31.0 Å². The van der Waals surface area contributed by atoms with Crippen LogP contribution in [0.3, 0.4) is 0 Å². The summed E-state index contributed by atoms with van der Waals surface area (Å²) in [7, 11) is 5.02. The van der Waals surface area contributed by atoms with Crippen LogP contribution in [-0.2, 0) is 17.5 Å². The molecule has 0 saturated carbocycles. The number of thioether (sulfide) groups is 1. The summed E-state index contributed by atoms with van der Waals surface area (Å²) in [6, 6.07) is 5.30. The lowest BCUT2D eigenvalue weighted by atomic mass is 9.97. The van der Waals surface area contributed by atoms with Gasteiger partial charge in [0.05, 0.1) is 19.8 Å². The smallest absolute Gasteiger partial charge is 0.337 e. The highest BCUT2D eigenvalue weighted by Crippen LogP contribution is 2.30. The van der Waals surface area contributed by atoms with Crippen molar-refractivity contribution in [2.24, 2.45) is 7.05 Å². The minimum atomic E-state index is -0.356. The second kappa shape index (κ2) is 8.55. The number of piperidine rings is 1. The fraction of sp³-hybridized carbons (Fsp3) is 0.500. The maximum Gasteiger partial charge on any atom is 0.337 e. The van der Waals surface area contributed by atoms with E-state index in [-0.39, 0.29) is 5.97 Å². The van der Waals surface area contributed by atoms with Gasteiger partial charge in [-0.2, -0.15) is 0 Å². The predicted molar refractivity (Wildman–Crippen MR) is 99.7 cm³/mol. The lowest BCUT2D eigenvalue weighted by molar-refractivity contribution is 0.0600. The molecule has 26 heavy (non-hydrogen) atoms. The van der Waals surface area contributed by atoms with Crippen LogP contribution in [0.25, 0.3) is 0 Å². The van der Waals surface area contributed by atoms with Crippen molar-refractivity contribution >= 4 is 17.7 Å². The van der Waals surface area contributed by atoms with Crippen LogP contribution in [0.4, 0.5) is 0 Å². The molecule has 0 radical (unpaired) electrons. The van der Waals surface area contributed by atoms with Gasteiger partial charge in [0.2, 0.25) is 0 Å². The molecule has 0 amide bonds. The third-order valence-electron chi connectivity index (χ3n) is 4.63. The third kappa shape index (κ3) is 4.02. The minimum Gasteiger partial charge on any atom is -0.496 e. The molecule has 1 aliphatic heterocycles. The maximum absolute atomic E-state index is 11.8.